The molecule has 0 N–H and O–H groups in total. The Morgan fingerprint density at radius 1 is 0.737 bits per heavy atom. The molecule has 0 spiro atoms. The van der Waals surface area contributed by atoms with Crippen LogP contribution in [-0.2, 0) is 30.9 Å². The molecular formula is C35H30IrN2-2. The summed E-state index contributed by atoms with van der Waals surface area (Å²) in [5, 5.41) is 6.47. The SMILES string of the molecule is CC(C)(C)c1c[c-]c2c(c1)c1cccc3c1c1c(ccnc21)C3(C)C.[Ir].[c-]1ccccc1-c1ccccn1. The van der Waals surface area contributed by atoms with Crippen LogP contribution in [0.4, 0.5) is 0 Å². The smallest absolute Gasteiger partial charge is 0.0164 e. The zero-order valence-corrected chi connectivity index (χ0v) is 24.8. The van der Waals surface area contributed by atoms with Crippen LogP contribution >= 0.6 is 0 Å². The number of benzene rings is 4. The van der Waals surface area contributed by atoms with Gasteiger partial charge in [0, 0.05) is 37.9 Å². The molecule has 6 aromatic rings. The van der Waals surface area contributed by atoms with Crippen molar-refractivity contribution in [1.29, 1.82) is 0 Å². The van der Waals surface area contributed by atoms with E-state index in [9.17, 15) is 0 Å². The topological polar surface area (TPSA) is 25.8 Å². The average molecular weight is 671 g/mol. The quantitative estimate of drug-likeness (QED) is 0.129. The van der Waals surface area contributed by atoms with Crippen LogP contribution in [0.2, 0.25) is 0 Å². The van der Waals surface area contributed by atoms with Crippen molar-refractivity contribution in [1.82, 2.24) is 9.97 Å². The van der Waals surface area contributed by atoms with Crippen molar-refractivity contribution in [2.45, 2.75) is 45.4 Å². The molecule has 0 bridgehead atoms. The van der Waals surface area contributed by atoms with Crippen molar-refractivity contribution in [3.8, 4) is 11.3 Å². The van der Waals surface area contributed by atoms with E-state index in [1.54, 1.807) is 6.20 Å². The van der Waals surface area contributed by atoms with Gasteiger partial charge in [0.25, 0.3) is 0 Å². The second kappa shape index (κ2) is 9.73. The third-order valence-electron chi connectivity index (χ3n) is 7.60. The van der Waals surface area contributed by atoms with Crippen LogP contribution in [0, 0.1) is 12.1 Å². The number of pyridine rings is 2. The van der Waals surface area contributed by atoms with E-state index in [1.807, 2.05) is 48.7 Å². The van der Waals surface area contributed by atoms with Gasteiger partial charge in [-0.25, -0.2) is 0 Å². The Hall–Kier alpha value is -3.39. The van der Waals surface area contributed by atoms with Crippen molar-refractivity contribution < 1.29 is 20.1 Å². The molecule has 1 aliphatic rings. The molecule has 0 fully saturated rings. The molecule has 0 atom stereocenters. The zero-order chi connectivity index (χ0) is 25.8. The van der Waals surface area contributed by atoms with Gasteiger partial charge in [0.15, 0.2) is 0 Å². The first-order chi connectivity index (χ1) is 17.8. The van der Waals surface area contributed by atoms with Gasteiger partial charge in [-0.1, -0.05) is 75.7 Å². The summed E-state index contributed by atoms with van der Waals surface area (Å²) in [5.41, 5.74) is 7.36. The monoisotopic (exact) mass is 671 g/mol. The second-order valence-electron chi connectivity index (χ2n) is 11.4. The van der Waals surface area contributed by atoms with Gasteiger partial charge in [-0.3, -0.25) is 0 Å². The molecule has 0 unspecified atom stereocenters. The van der Waals surface area contributed by atoms with Crippen LogP contribution in [0.1, 0.15) is 51.3 Å². The summed E-state index contributed by atoms with van der Waals surface area (Å²) in [5.74, 6) is 0. The van der Waals surface area contributed by atoms with E-state index in [4.69, 9.17) is 4.98 Å². The molecule has 0 aliphatic heterocycles. The number of fused-ring (bicyclic) bond motifs is 3. The second-order valence-corrected chi connectivity index (χ2v) is 11.4. The Balaban J connectivity index is 0.000000191. The average Bonchev–Trinajstić information content (AvgIpc) is 3.16. The minimum absolute atomic E-state index is 0. The molecule has 3 heteroatoms. The number of hydrogen-bond donors (Lipinski definition) is 0. The molecule has 0 saturated heterocycles. The van der Waals surface area contributed by atoms with Gasteiger partial charge >= 0.3 is 0 Å². The molecule has 1 aliphatic carbocycles. The molecule has 191 valence electrons. The van der Waals surface area contributed by atoms with E-state index in [2.05, 4.69) is 88.1 Å². The van der Waals surface area contributed by atoms with Gasteiger partial charge in [0.1, 0.15) is 0 Å². The summed E-state index contributed by atoms with van der Waals surface area (Å²) in [6, 6.07) is 33.8. The Morgan fingerprint density at radius 2 is 1.53 bits per heavy atom. The molecule has 1 radical (unpaired) electrons. The minimum Gasteiger partial charge on any atom is -0.305 e. The molecular weight excluding hydrogens is 641 g/mol. The maximum absolute atomic E-state index is 4.78. The van der Waals surface area contributed by atoms with Crippen molar-refractivity contribution in [2.24, 2.45) is 0 Å². The van der Waals surface area contributed by atoms with Crippen LogP contribution in [-0.4, -0.2) is 9.97 Å². The molecule has 2 heterocycles. The predicted octanol–water partition coefficient (Wildman–Crippen LogP) is 8.82. The summed E-state index contributed by atoms with van der Waals surface area (Å²) < 4.78 is 0. The van der Waals surface area contributed by atoms with Crippen molar-refractivity contribution in [3.05, 3.63) is 120 Å². The molecule has 0 saturated carbocycles. The van der Waals surface area contributed by atoms with Gasteiger partial charge < -0.3 is 9.97 Å². The molecule has 2 aromatic heterocycles. The number of aromatic nitrogens is 2. The first-order valence-corrected chi connectivity index (χ1v) is 12.9. The molecule has 0 amide bonds. The fourth-order valence-electron chi connectivity index (χ4n) is 5.55. The maximum Gasteiger partial charge on any atom is 0.0164 e. The van der Waals surface area contributed by atoms with Gasteiger partial charge in [-0.05, 0) is 50.7 Å². The standard InChI is InChI=1S/C24H22N.C11H8N.Ir/c1-23(2,3)14-9-10-16-17(13-14)15-7-6-8-18-20(15)21-19(24(18,4)5)11-12-25-22(16)21;1-2-6-10(7-3-1)11-8-4-5-9-12-11;/h6-9,11-13H,1-5H3;1-6,8-9H;/q2*-1;. The van der Waals surface area contributed by atoms with Crippen LogP contribution in [0.3, 0.4) is 0 Å². The third kappa shape index (κ3) is 4.24. The van der Waals surface area contributed by atoms with Crippen LogP contribution in [0.5, 0.6) is 0 Å². The van der Waals surface area contributed by atoms with Crippen LogP contribution < -0.4 is 0 Å². The Bertz CT molecular complexity index is 1730. The molecule has 2 nitrogen and oxygen atoms in total. The van der Waals surface area contributed by atoms with Crippen molar-refractivity contribution in [2.75, 3.05) is 0 Å². The van der Waals surface area contributed by atoms with E-state index in [1.165, 1.54) is 38.2 Å². The minimum atomic E-state index is 0. The summed E-state index contributed by atoms with van der Waals surface area (Å²) in [4.78, 5) is 9.00. The molecule has 38 heavy (non-hydrogen) atoms. The Kier molecular flexibility index (Phi) is 6.71. The largest absolute Gasteiger partial charge is 0.305 e. The number of nitrogens with zero attached hydrogens (tertiary/aromatic N) is 2. The zero-order valence-electron chi connectivity index (χ0n) is 22.4. The third-order valence-corrected chi connectivity index (χ3v) is 7.60. The van der Waals surface area contributed by atoms with E-state index in [-0.39, 0.29) is 30.9 Å². The van der Waals surface area contributed by atoms with Gasteiger partial charge in [-0.2, -0.15) is 0 Å². The molecule has 4 aromatic carbocycles. The fourth-order valence-corrected chi connectivity index (χ4v) is 5.55. The van der Waals surface area contributed by atoms with Gasteiger partial charge in [-0.15, -0.1) is 65.0 Å². The normalized spacial score (nSPS) is 13.4. The predicted molar refractivity (Wildman–Crippen MR) is 155 cm³/mol. The summed E-state index contributed by atoms with van der Waals surface area (Å²) >= 11 is 0. The number of hydrogen-bond acceptors (Lipinski definition) is 2. The summed E-state index contributed by atoms with van der Waals surface area (Å²) in [7, 11) is 0. The summed E-state index contributed by atoms with van der Waals surface area (Å²) in [6.45, 7) is 11.4. The first kappa shape index (κ1) is 26.2. The van der Waals surface area contributed by atoms with E-state index >= 15 is 0 Å². The Labute approximate surface area is 238 Å². The van der Waals surface area contributed by atoms with E-state index in [0.717, 1.165) is 22.2 Å². The number of rotatable bonds is 1. The van der Waals surface area contributed by atoms with E-state index in [0.29, 0.717) is 0 Å². The maximum atomic E-state index is 4.78. The fraction of sp³-hybridized carbons (Fsp3) is 0.200. The van der Waals surface area contributed by atoms with Crippen molar-refractivity contribution >= 4 is 32.4 Å². The summed E-state index contributed by atoms with van der Waals surface area (Å²) in [6.07, 6.45) is 3.75. The first-order valence-electron chi connectivity index (χ1n) is 12.9. The van der Waals surface area contributed by atoms with Gasteiger partial charge in [0.05, 0.1) is 0 Å². The van der Waals surface area contributed by atoms with E-state index < -0.39 is 0 Å². The van der Waals surface area contributed by atoms with Crippen molar-refractivity contribution in [3.63, 3.8) is 0 Å². The molecule has 7 rings (SSSR count). The Morgan fingerprint density at radius 3 is 2.24 bits per heavy atom. The van der Waals surface area contributed by atoms with Crippen LogP contribution in [0.15, 0.2) is 91.3 Å². The van der Waals surface area contributed by atoms with Gasteiger partial charge in [0.2, 0.25) is 0 Å². The van der Waals surface area contributed by atoms with Crippen LogP contribution in [0.25, 0.3) is 43.7 Å².